The van der Waals surface area contributed by atoms with E-state index in [0.29, 0.717) is 0 Å². The molecule has 0 aromatic rings. The van der Waals surface area contributed by atoms with Crippen molar-refractivity contribution in [2.75, 3.05) is 6.61 Å². The van der Waals surface area contributed by atoms with Gasteiger partial charge in [-0.3, -0.25) is 4.18 Å². The number of thiol groups is 1. The van der Waals surface area contributed by atoms with E-state index in [1.807, 2.05) is 0 Å². The third-order valence-electron chi connectivity index (χ3n) is 0.298. The van der Waals surface area contributed by atoms with E-state index in [9.17, 15) is 8.42 Å². The fourth-order valence-corrected chi connectivity index (χ4v) is 0.341. The highest BCUT2D eigenvalue weighted by molar-refractivity contribution is 7.67. The summed E-state index contributed by atoms with van der Waals surface area (Å²) in [6, 6.07) is 0. The van der Waals surface area contributed by atoms with Crippen molar-refractivity contribution in [1.82, 2.24) is 6.15 Å². The van der Waals surface area contributed by atoms with Crippen LogP contribution in [-0.2, 0) is 15.2 Å². The predicted molar refractivity (Wildman–Crippen MR) is 31.5 cm³/mol. The van der Waals surface area contributed by atoms with Crippen LogP contribution in [0.5, 0.6) is 0 Å². The van der Waals surface area contributed by atoms with E-state index in [4.69, 9.17) is 0 Å². The van der Waals surface area contributed by atoms with Crippen molar-refractivity contribution in [3.63, 3.8) is 0 Å². The Hall–Kier alpha value is -0.390. The second kappa shape index (κ2) is 6.61. The molecule has 5 heteroatoms. The summed E-state index contributed by atoms with van der Waals surface area (Å²) in [5, 5.41) is 0. The van der Waals surface area contributed by atoms with Crippen molar-refractivity contribution in [3.05, 3.63) is 12.7 Å². The quantitative estimate of drug-likeness (QED) is 0.422. The Kier molecular flexibility index (Phi) is 8.73. The average molecular weight is 139 g/mol. The fourth-order valence-electron chi connectivity index (χ4n) is 0.114. The Bertz CT molecular complexity index is 112. The van der Waals surface area contributed by atoms with Crippen molar-refractivity contribution in [1.29, 1.82) is 0 Å². The van der Waals surface area contributed by atoms with E-state index < -0.39 is 11.0 Å². The first kappa shape index (κ1) is 10.6. The molecule has 0 atom stereocenters. The molecule has 8 heavy (non-hydrogen) atoms. The van der Waals surface area contributed by atoms with Gasteiger partial charge in [0, 0.05) is 0 Å². The van der Waals surface area contributed by atoms with Crippen LogP contribution in [0.25, 0.3) is 0 Å². The van der Waals surface area contributed by atoms with Gasteiger partial charge < -0.3 is 6.15 Å². The van der Waals surface area contributed by atoms with Crippen LogP contribution in [0.2, 0.25) is 0 Å². The first-order valence-corrected chi connectivity index (χ1v) is 2.75. The summed E-state index contributed by atoms with van der Waals surface area (Å²) < 4.78 is 23.1. The standard InChI is InChI=1S/C3H6O3S.H3N/c1-2-3-6-7(4)5;/h2,7H,1,3H2;1H3. The Labute approximate surface area is 49.9 Å². The van der Waals surface area contributed by atoms with Crippen LogP contribution < -0.4 is 6.15 Å². The van der Waals surface area contributed by atoms with Crippen LogP contribution in [-0.4, -0.2) is 15.0 Å². The molecule has 0 aliphatic rings. The first-order chi connectivity index (χ1) is 3.27. The maximum absolute atomic E-state index is 9.53. The smallest absolute Gasteiger partial charge is 0.257 e. The minimum absolute atomic E-state index is 0. The van der Waals surface area contributed by atoms with Gasteiger partial charge >= 0.3 is 0 Å². The van der Waals surface area contributed by atoms with E-state index in [1.54, 1.807) is 0 Å². The Morgan fingerprint density at radius 3 is 2.25 bits per heavy atom. The molecule has 0 bridgehead atoms. The Morgan fingerprint density at radius 2 is 2.12 bits per heavy atom. The molecule has 0 aliphatic heterocycles. The molecular weight excluding hydrogens is 130 g/mol. The lowest BCUT2D eigenvalue weighted by Crippen LogP contribution is -1.85. The molecule has 0 unspecified atom stereocenters. The third kappa shape index (κ3) is 9.15. The Morgan fingerprint density at radius 1 is 1.62 bits per heavy atom. The molecule has 0 aromatic heterocycles. The lowest BCUT2D eigenvalue weighted by Gasteiger charge is -1.80. The van der Waals surface area contributed by atoms with Gasteiger partial charge in [0.05, 0.1) is 6.61 Å². The van der Waals surface area contributed by atoms with E-state index in [2.05, 4.69) is 10.8 Å². The topological polar surface area (TPSA) is 78.4 Å². The second-order valence-corrected chi connectivity index (χ2v) is 1.51. The van der Waals surface area contributed by atoms with Gasteiger partial charge in [-0.05, 0) is 0 Å². The molecule has 0 radical (unpaired) electrons. The van der Waals surface area contributed by atoms with Crippen molar-refractivity contribution in [3.8, 4) is 0 Å². The molecule has 0 spiro atoms. The highest BCUT2D eigenvalue weighted by atomic mass is 32.2. The zero-order valence-corrected chi connectivity index (χ0v) is 5.27. The molecule has 4 nitrogen and oxygen atoms in total. The van der Waals surface area contributed by atoms with E-state index in [-0.39, 0.29) is 12.8 Å². The zero-order chi connectivity index (χ0) is 5.70. The normalized spacial score (nSPS) is 8.12. The Balaban J connectivity index is 0. The molecule has 0 saturated heterocycles. The zero-order valence-electron chi connectivity index (χ0n) is 4.37. The van der Waals surface area contributed by atoms with Crippen molar-refractivity contribution in [2.24, 2.45) is 0 Å². The minimum atomic E-state index is -2.68. The maximum Gasteiger partial charge on any atom is 0.257 e. The van der Waals surface area contributed by atoms with Gasteiger partial charge in [-0.15, -0.1) is 6.58 Å². The van der Waals surface area contributed by atoms with E-state index >= 15 is 0 Å². The molecule has 0 saturated carbocycles. The van der Waals surface area contributed by atoms with Crippen LogP contribution in [0.15, 0.2) is 12.7 Å². The molecule has 0 rings (SSSR count). The van der Waals surface area contributed by atoms with Crippen LogP contribution in [0.4, 0.5) is 0 Å². The van der Waals surface area contributed by atoms with Gasteiger partial charge in [0.25, 0.3) is 11.0 Å². The van der Waals surface area contributed by atoms with Gasteiger partial charge in [0.1, 0.15) is 0 Å². The van der Waals surface area contributed by atoms with Crippen molar-refractivity contribution >= 4 is 11.0 Å². The molecule has 3 N–H and O–H groups in total. The van der Waals surface area contributed by atoms with Crippen LogP contribution in [0, 0.1) is 0 Å². The summed E-state index contributed by atoms with van der Waals surface area (Å²) in [6.07, 6.45) is 1.37. The molecule has 0 aromatic carbocycles. The van der Waals surface area contributed by atoms with Gasteiger partial charge in [-0.2, -0.15) is 0 Å². The van der Waals surface area contributed by atoms with Gasteiger partial charge in [-0.25, -0.2) is 8.42 Å². The average Bonchev–Trinajstić information content (AvgIpc) is 1.61. The largest absolute Gasteiger partial charge is 0.344 e. The van der Waals surface area contributed by atoms with Crippen LogP contribution in [0.3, 0.4) is 0 Å². The predicted octanol–water partition coefficient (Wildman–Crippen LogP) is -0.123. The summed E-state index contributed by atoms with van der Waals surface area (Å²) >= 11 is 0. The van der Waals surface area contributed by atoms with Gasteiger partial charge in [0.2, 0.25) is 0 Å². The van der Waals surface area contributed by atoms with E-state index in [1.165, 1.54) is 6.08 Å². The van der Waals surface area contributed by atoms with Crippen LogP contribution in [0.1, 0.15) is 0 Å². The lowest BCUT2D eigenvalue weighted by atomic mass is 10.7. The summed E-state index contributed by atoms with van der Waals surface area (Å²) in [4.78, 5) is 0. The number of hydrogen-bond donors (Lipinski definition) is 2. The highest BCUT2D eigenvalue weighted by Gasteiger charge is 1.75. The molecule has 0 heterocycles. The van der Waals surface area contributed by atoms with Crippen molar-refractivity contribution in [2.45, 2.75) is 0 Å². The van der Waals surface area contributed by atoms with Crippen LogP contribution >= 0.6 is 0 Å². The molecule has 0 amide bonds. The summed E-state index contributed by atoms with van der Waals surface area (Å²) in [5.74, 6) is 0. The summed E-state index contributed by atoms with van der Waals surface area (Å²) in [5.41, 5.74) is 0. The maximum atomic E-state index is 9.53. The minimum Gasteiger partial charge on any atom is -0.344 e. The fraction of sp³-hybridized carbons (Fsp3) is 0.333. The summed E-state index contributed by atoms with van der Waals surface area (Å²) in [7, 11) is -2.68. The lowest BCUT2D eigenvalue weighted by molar-refractivity contribution is 0.375. The first-order valence-electron chi connectivity index (χ1n) is 1.65. The number of rotatable bonds is 3. The third-order valence-corrected chi connectivity index (χ3v) is 0.658. The molecule has 0 fully saturated rings. The number of hydrogen-bond acceptors (Lipinski definition) is 4. The van der Waals surface area contributed by atoms with Gasteiger partial charge in [0.15, 0.2) is 0 Å². The van der Waals surface area contributed by atoms with Crippen molar-refractivity contribution < 1.29 is 12.6 Å². The van der Waals surface area contributed by atoms with E-state index in [0.717, 1.165) is 0 Å². The monoisotopic (exact) mass is 139 g/mol. The highest BCUT2D eigenvalue weighted by Crippen LogP contribution is 1.70. The summed E-state index contributed by atoms with van der Waals surface area (Å²) in [6.45, 7) is 3.31. The molecular formula is C3H9NO3S. The molecule has 50 valence electrons. The SMILES string of the molecule is C=CCO[SH](=O)=O.N. The van der Waals surface area contributed by atoms with Gasteiger partial charge in [-0.1, -0.05) is 6.08 Å². The second-order valence-electron chi connectivity index (χ2n) is 0.808. The molecule has 0 aliphatic carbocycles.